The van der Waals surface area contributed by atoms with Crippen LogP contribution in [0.15, 0.2) is 18.2 Å². The molecule has 1 aromatic carbocycles. The van der Waals surface area contributed by atoms with Crippen molar-refractivity contribution in [1.29, 1.82) is 5.26 Å². The lowest BCUT2D eigenvalue weighted by Gasteiger charge is -2.25. The summed E-state index contributed by atoms with van der Waals surface area (Å²) in [5.74, 6) is 2.62. The molecule has 0 fully saturated rings. The van der Waals surface area contributed by atoms with E-state index >= 15 is 0 Å². The third-order valence-corrected chi connectivity index (χ3v) is 2.73. The van der Waals surface area contributed by atoms with Crippen molar-refractivity contribution in [3.63, 3.8) is 0 Å². The van der Waals surface area contributed by atoms with Gasteiger partial charge in [0, 0.05) is 17.8 Å². The van der Waals surface area contributed by atoms with Gasteiger partial charge in [-0.05, 0) is 25.5 Å². The van der Waals surface area contributed by atoms with E-state index in [4.69, 9.17) is 11.7 Å². The molecule has 0 aliphatic rings. The van der Waals surface area contributed by atoms with Crippen LogP contribution in [0.4, 0.5) is 5.69 Å². The van der Waals surface area contributed by atoms with Crippen molar-refractivity contribution in [1.82, 2.24) is 0 Å². The average molecular weight is 242 g/mol. The highest BCUT2D eigenvalue weighted by molar-refractivity contribution is 5.59. The van der Waals surface area contributed by atoms with Crippen molar-refractivity contribution >= 4 is 5.69 Å². The van der Waals surface area contributed by atoms with Gasteiger partial charge in [0.2, 0.25) is 0 Å². The molecule has 18 heavy (non-hydrogen) atoms. The zero-order chi connectivity index (χ0) is 13.5. The number of benzene rings is 1. The standard InChI is InChI=1S/C15H18N2O/c1-4-8-17(9-5-2)15-10-13(11-16)6-7-14(15)12(3)18/h1,6-7,10,12,18H,5,8-9H2,2-3H3/t12-/m1/s1. The van der Waals surface area contributed by atoms with E-state index in [9.17, 15) is 5.11 Å². The van der Waals surface area contributed by atoms with Crippen LogP contribution in [0.2, 0.25) is 0 Å². The second kappa shape index (κ2) is 6.69. The molecule has 1 atom stereocenters. The molecule has 0 saturated heterocycles. The van der Waals surface area contributed by atoms with Crippen LogP contribution < -0.4 is 4.90 Å². The first-order valence-electron chi connectivity index (χ1n) is 6.04. The minimum absolute atomic E-state index is 0.475. The van der Waals surface area contributed by atoms with E-state index in [1.54, 1.807) is 25.1 Å². The third kappa shape index (κ3) is 3.26. The zero-order valence-corrected chi connectivity index (χ0v) is 10.8. The maximum Gasteiger partial charge on any atom is 0.0992 e. The topological polar surface area (TPSA) is 47.3 Å². The highest BCUT2D eigenvalue weighted by Gasteiger charge is 2.14. The first-order valence-corrected chi connectivity index (χ1v) is 6.04. The number of aliphatic hydroxyl groups is 1. The van der Waals surface area contributed by atoms with Crippen LogP contribution in [0.25, 0.3) is 0 Å². The molecule has 1 N–H and O–H groups in total. The van der Waals surface area contributed by atoms with Crippen LogP contribution in [-0.4, -0.2) is 18.2 Å². The van der Waals surface area contributed by atoms with E-state index < -0.39 is 6.10 Å². The highest BCUT2D eigenvalue weighted by Crippen LogP contribution is 2.27. The summed E-state index contributed by atoms with van der Waals surface area (Å²) in [5, 5.41) is 18.8. The Kier molecular flexibility index (Phi) is 5.24. The van der Waals surface area contributed by atoms with E-state index in [1.165, 1.54) is 0 Å². The molecule has 0 heterocycles. The van der Waals surface area contributed by atoms with Gasteiger partial charge < -0.3 is 10.0 Å². The van der Waals surface area contributed by atoms with Crippen LogP contribution in [0, 0.1) is 23.7 Å². The van der Waals surface area contributed by atoms with Crippen LogP contribution in [0.1, 0.15) is 37.5 Å². The number of nitriles is 1. The maximum absolute atomic E-state index is 9.79. The minimum atomic E-state index is -0.579. The molecule has 0 aliphatic carbocycles. The van der Waals surface area contributed by atoms with Gasteiger partial charge in [0.1, 0.15) is 0 Å². The summed E-state index contributed by atoms with van der Waals surface area (Å²) in [6, 6.07) is 7.40. The number of anilines is 1. The first kappa shape index (κ1) is 14.1. The number of hydrogen-bond acceptors (Lipinski definition) is 3. The van der Waals surface area contributed by atoms with Gasteiger partial charge in [0.15, 0.2) is 0 Å². The molecule has 0 spiro atoms. The highest BCUT2D eigenvalue weighted by atomic mass is 16.3. The van der Waals surface area contributed by atoms with E-state index in [-0.39, 0.29) is 0 Å². The second-order valence-corrected chi connectivity index (χ2v) is 4.19. The first-order chi connectivity index (χ1) is 8.63. The van der Waals surface area contributed by atoms with Gasteiger partial charge in [-0.1, -0.05) is 18.9 Å². The van der Waals surface area contributed by atoms with E-state index in [0.717, 1.165) is 24.2 Å². The van der Waals surface area contributed by atoms with E-state index in [2.05, 4.69) is 18.9 Å². The molecule has 1 rings (SSSR count). The monoisotopic (exact) mass is 242 g/mol. The van der Waals surface area contributed by atoms with Crippen LogP contribution in [0.5, 0.6) is 0 Å². The molecule has 0 unspecified atom stereocenters. The van der Waals surface area contributed by atoms with Crippen molar-refractivity contribution < 1.29 is 5.11 Å². The summed E-state index contributed by atoms with van der Waals surface area (Å²) in [7, 11) is 0. The SMILES string of the molecule is C#CCN(CCC)c1cc(C#N)ccc1[C@@H](C)O. The van der Waals surface area contributed by atoms with Gasteiger partial charge in [-0.15, -0.1) is 6.42 Å². The molecule has 0 saturated carbocycles. The zero-order valence-electron chi connectivity index (χ0n) is 10.8. The van der Waals surface area contributed by atoms with Gasteiger partial charge in [-0.3, -0.25) is 0 Å². The Morgan fingerprint density at radius 3 is 2.72 bits per heavy atom. The van der Waals surface area contributed by atoms with E-state index in [1.807, 2.05) is 4.90 Å². The molecule has 0 bridgehead atoms. The fourth-order valence-corrected chi connectivity index (χ4v) is 1.91. The van der Waals surface area contributed by atoms with Crippen LogP contribution in [-0.2, 0) is 0 Å². The number of nitrogens with zero attached hydrogens (tertiary/aromatic N) is 2. The largest absolute Gasteiger partial charge is 0.389 e. The molecule has 0 aliphatic heterocycles. The molecule has 0 aromatic heterocycles. The lowest BCUT2D eigenvalue weighted by Crippen LogP contribution is -2.26. The fraction of sp³-hybridized carbons (Fsp3) is 0.400. The lowest BCUT2D eigenvalue weighted by atomic mass is 10.0. The smallest absolute Gasteiger partial charge is 0.0992 e. The molecular weight excluding hydrogens is 224 g/mol. The normalized spacial score (nSPS) is 11.4. The number of aliphatic hydroxyl groups excluding tert-OH is 1. The number of rotatable bonds is 5. The molecule has 0 radical (unpaired) electrons. The Morgan fingerprint density at radius 2 is 2.22 bits per heavy atom. The van der Waals surface area contributed by atoms with E-state index in [0.29, 0.717) is 12.1 Å². The number of terminal acetylenes is 1. The van der Waals surface area contributed by atoms with Crippen molar-refractivity contribution in [3.05, 3.63) is 29.3 Å². The molecular formula is C15H18N2O. The maximum atomic E-state index is 9.79. The molecule has 0 amide bonds. The minimum Gasteiger partial charge on any atom is -0.389 e. The molecule has 3 heteroatoms. The van der Waals surface area contributed by atoms with Crippen molar-refractivity contribution in [2.75, 3.05) is 18.0 Å². The Balaban J connectivity index is 3.24. The third-order valence-electron chi connectivity index (χ3n) is 2.73. The quantitative estimate of drug-likeness (QED) is 0.807. The number of hydrogen-bond donors (Lipinski definition) is 1. The van der Waals surface area contributed by atoms with Crippen molar-refractivity contribution in [2.24, 2.45) is 0 Å². The van der Waals surface area contributed by atoms with Gasteiger partial charge in [-0.2, -0.15) is 5.26 Å². The Bertz CT molecular complexity index is 480. The summed E-state index contributed by atoms with van der Waals surface area (Å²) in [6.45, 7) is 5.06. The van der Waals surface area contributed by atoms with Gasteiger partial charge in [-0.25, -0.2) is 0 Å². The summed E-state index contributed by atoms with van der Waals surface area (Å²) in [6.07, 6.45) is 5.75. The van der Waals surface area contributed by atoms with Gasteiger partial charge in [0.25, 0.3) is 0 Å². The second-order valence-electron chi connectivity index (χ2n) is 4.19. The fourth-order valence-electron chi connectivity index (χ4n) is 1.91. The summed E-state index contributed by atoms with van der Waals surface area (Å²) >= 11 is 0. The van der Waals surface area contributed by atoms with Crippen molar-refractivity contribution in [3.8, 4) is 18.4 Å². The Hall–Kier alpha value is -1.97. The lowest BCUT2D eigenvalue weighted by molar-refractivity contribution is 0.199. The Labute approximate surface area is 109 Å². The average Bonchev–Trinajstić information content (AvgIpc) is 2.37. The summed E-state index contributed by atoms with van der Waals surface area (Å²) in [5.41, 5.74) is 2.23. The van der Waals surface area contributed by atoms with Crippen LogP contribution in [0.3, 0.4) is 0 Å². The van der Waals surface area contributed by atoms with Crippen LogP contribution >= 0.6 is 0 Å². The predicted octanol–water partition coefficient (Wildman–Crippen LogP) is 2.46. The summed E-state index contributed by atoms with van der Waals surface area (Å²) in [4.78, 5) is 2.02. The predicted molar refractivity (Wildman–Crippen MR) is 73.1 cm³/mol. The van der Waals surface area contributed by atoms with Gasteiger partial charge in [0.05, 0.1) is 24.3 Å². The summed E-state index contributed by atoms with van der Waals surface area (Å²) < 4.78 is 0. The Morgan fingerprint density at radius 1 is 1.50 bits per heavy atom. The van der Waals surface area contributed by atoms with Crippen molar-refractivity contribution in [2.45, 2.75) is 26.4 Å². The molecule has 1 aromatic rings. The van der Waals surface area contributed by atoms with Gasteiger partial charge >= 0.3 is 0 Å². The molecule has 3 nitrogen and oxygen atoms in total. The molecule has 94 valence electrons.